The number of nitrogens with one attached hydrogen (secondary N) is 2. The van der Waals surface area contributed by atoms with E-state index < -0.39 is 0 Å². The van der Waals surface area contributed by atoms with Crippen LogP contribution in [0, 0.1) is 0 Å². The zero-order chi connectivity index (χ0) is 14.5. The molecule has 110 valence electrons. The topological polar surface area (TPSA) is 83.0 Å². The van der Waals surface area contributed by atoms with E-state index in [-0.39, 0.29) is 6.61 Å². The Bertz CT molecular complexity index is 586. The number of aromatic nitrogens is 3. The highest BCUT2D eigenvalue weighted by molar-refractivity contribution is 5.44. The Morgan fingerprint density at radius 1 is 1.24 bits per heavy atom. The highest BCUT2D eigenvalue weighted by atomic mass is 16.3. The summed E-state index contributed by atoms with van der Waals surface area (Å²) in [5, 5.41) is 15.2. The van der Waals surface area contributed by atoms with E-state index >= 15 is 0 Å². The van der Waals surface area contributed by atoms with Crippen LogP contribution in [-0.2, 0) is 6.54 Å². The third-order valence-corrected chi connectivity index (χ3v) is 3.33. The van der Waals surface area contributed by atoms with Gasteiger partial charge in [0, 0.05) is 37.5 Å². The lowest BCUT2D eigenvalue weighted by Gasteiger charge is -2.10. The number of anilines is 2. The third kappa shape index (κ3) is 3.88. The summed E-state index contributed by atoms with van der Waals surface area (Å²) in [4.78, 5) is 13.0. The molecule has 2 aromatic rings. The molecule has 0 spiro atoms. The third-order valence-electron chi connectivity index (χ3n) is 3.33. The summed E-state index contributed by atoms with van der Waals surface area (Å²) in [7, 11) is 0. The molecule has 3 N–H and O–H groups in total. The molecule has 6 nitrogen and oxygen atoms in total. The molecule has 2 aromatic heterocycles. The Morgan fingerprint density at radius 2 is 2.14 bits per heavy atom. The molecule has 1 saturated carbocycles. The average Bonchev–Trinajstić information content (AvgIpc) is 3.37. The van der Waals surface area contributed by atoms with E-state index in [1.165, 1.54) is 12.8 Å². The fourth-order valence-corrected chi connectivity index (χ4v) is 2.09. The number of rotatable bonds is 7. The molecule has 21 heavy (non-hydrogen) atoms. The molecular formula is C15H19N5O. The van der Waals surface area contributed by atoms with Gasteiger partial charge in [-0.3, -0.25) is 4.98 Å². The summed E-state index contributed by atoms with van der Waals surface area (Å²) in [5.74, 6) is 1.93. The number of pyridine rings is 1. The summed E-state index contributed by atoms with van der Waals surface area (Å²) in [6, 6.07) is 5.95. The van der Waals surface area contributed by atoms with E-state index in [4.69, 9.17) is 5.11 Å². The molecule has 0 aliphatic heterocycles. The molecule has 1 aliphatic rings. The zero-order valence-electron chi connectivity index (χ0n) is 11.8. The van der Waals surface area contributed by atoms with E-state index in [0.29, 0.717) is 25.0 Å². The van der Waals surface area contributed by atoms with E-state index in [0.717, 1.165) is 17.1 Å². The summed E-state index contributed by atoms with van der Waals surface area (Å²) in [6.45, 7) is 1.19. The maximum absolute atomic E-state index is 8.90. The standard InChI is InChI=1S/C15H19N5O/c21-7-6-17-15-19-13(12-3-4-12)8-14(20-15)18-10-11-2-1-5-16-9-11/h1-2,5,8-9,12,21H,3-4,6-7,10H2,(H2,17,18,19,20). The summed E-state index contributed by atoms with van der Waals surface area (Å²) in [5.41, 5.74) is 2.17. The Morgan fingerprint density at radius 3 is 2.86 bits per heavy atom. The first-order valence-corrected chi connectivity index (χ1v) is 7.21. The quantitative estimate of drug-likeness (QED) is 0.719. The van der Waals surface area contributed by atoms with Crippen LogP contribution in [0.25, 0.3) is 0 Å². The maximum atomic E-state index is 8.90. The minimum Gasteiger partial charge on any atom is -0.395 e. The highest BCUT2D eigenvalue weighted by Crippen LogP contribution is 2.39. The number of aliphatic hydroxyl groups excluding tert-OH is 1. The van der Waals surface area contributed by atoms with Gasteiger partial charge in [0.15, 0.2) is 0 Å². The molecule has 0 saturated heterocycles. The lowest BCUT2D eigenvalue weighted by atomic mass is 10.2. The van der Waals surface area contributed by atoms with Crippen molar-refractivity contribution < 1.29 is 5.11 Å². The molecule has 3 rings (SSSR count). The summed E-state index contributed by atoms with van der Waals surface area (Å²) < 4.78 is 0. The van der Waals surface area contributed by atoms with Gasteiger partial charge in [-0.1, -0.05) is 6.07 Å². The number of hydrogen-bond donors (Lipinski definition) is 3. The van der Waals surface area contributed by atoms with Gasteiger partial charge in [-0.15, -0.1) is 0 Å². The van der Waals surface area contributed by atoms with Crippen LogP contribution < -0.4 is 10.6 Å². The fraction of sp³-hybridized carbons (Fsp3) is 0.400. The Kier molecular flexibility index (Phi) is 4.25. The largest absolute Gasteiger partial charge is 0.395 e. The van der Waals surface area contributed by atoms with Crippen LogP contribution in [0.15, 0.2) is 30.6 Å². The minimum absolute atomic E-state index is 0.0649. The van der Waals surface area contributed by atoms with Gasteiger partial charge in [-0.2, -0.15) is 4.98 Å². The van der Waals surface area contributed by atoms with Gasteiger partial charge in [-0.05, 0) is 24.5 Å². The Hall–Kier alpha value is -2.21. The summed E-state index contributed by atoms with van der Waals surface area (Å²) in [6.07, 6.45) is 5.98. The summed E-state index contributed by atoms with van der Waals surface area (Å²) >= 11 is 0. The SMILES string of the molecule is OCCNc1nc(NCc2cccnc2)cc(C2CC2)n1. The number of hydrogen-bond acceptors (Lipinski definition) is 6. The molecule has 0 aromatic carbocycles. The molecule has 0 atom stereocenters. The predicted octanol–water partition coefficient (Wildman–Crippen LogP) is 1.77. The number of aliphatic hydroxyl groups is 1. The van der Waals surface area contributed by atoms with Crippen molar-refractivity contribution in [2.75, 3.05) is 23.8 Å². The molecule has 0 radical (unpaired) electrons. The van der Waals surface area contributed by atoms with Gasteiger partial charge in [0.1, 0.15) is 5.82 Å². The van der Waals surface area contributed by atoms with Gasteiger partial charge in [0.25, 0.3) is 0 Å². The molecular weight excluding hydrogens is 266 g/mol. The van der Waals surface area contributed by atoms with Crippen molar-refractivity contribution in [2.24, 2.45) is 0 Å². The molecule has 0 unspecified atom stereocenters. The fourth-order valence-electron chi connectivity index (χ4n) is 2.09. The second kappa shape index (κ2) is 6.49. The van der Waals surface area contributed by atoms with E-state index in [1.807, 2.05) is 24.4 Å². The molecule has 6 heteroatoms. The van der Waals surface area contributed by atoms with Crippen LogP contribution in [0.2, 0.25) is 0 Å². The normalized spacial score (nSPS) is 14.0. The first kappa shape index (κ1) is 13.8. The highest BCUT2D eigenvalue weighted by Gasteiger charge is 2.26. The van der Waals surface area contributed by atoms with Gasteiger partial charge in [0.2, 0.25) is 5.95 Å². The molecule has 0 bridgehead atoms. The van der Waals surface area contributed by atoms with Crippen molar-refractivity contribution in [3.63, 3.8) is 0 Å². The smallest absolute Gasteiger partial charge is 0.224 e. The Labute approximate surface area is 123 Å². The lowest BCUT2D eigenvalue weighted by Crippen LogP contribution is -2.11. The van der Waals surface area contributed by atoms with Crippen molar-refractivity contribution in [3.05, 3.63) is 41.9 Å². The van der Waals surface area contributed by atoms with Crippen molar-refractivity contribution >= 4 is 11.8 Å². The van der Waals surface area contributed by atoms with Gasteiger partial charge in [-0.25, -0.2) is 4.98 Å². The first-order valence-electron chi connectivity index (χ1n) is 7.21. The van der Waals surface area contributed by atoms with Crippen molar-refractivity contribution in [2.45, 2.75) is 25.3 Å². The lowest BCUT2D eigenvalue weighted by molar-refractivity contribution is 0.311. The minimum atomic E-state index is 0.0649. The van der Waals surface area contributed by atoms with Crippen molar-refractivity contribution in [1.29, 1.82) is 0 Å². The molecule has 1 aliphatic carbocycles. The monoisotopic (exact) mass is 285 g/mol. The maximum Gasteiger partial charge on any atom is 0.224 e. The van der Waals surface area contributed by atoms with E-state index in [2.05, 4.69) is 25.6 Å². The Balaban J connectivity index is 1.72. The van der Waals surface area contributed by atoms with Crippen molar-refractivity contribution in [1.82, 2.24) is 15.0 Å². The van der Waals surface area contributed by atoms with Crippen LogP contribution in [0.1, 0.15) is 30.0 Å². The van der Waals surface area contributed by atoms with E-state index in [1.54, 1.807) is 6.20 Å². The first-order chi connectivity index (χ1) is 10.3. The second-order valence-electron chi connectivity index (χ2n) is 5.14. The van der Waals surface area contributed by atoms with Gasteiger partial charge < -0.3 is 15.7 Å². The molecule has 2 heterocycles. The van der Waals surface area contributed by atoms with Gasteiger partial charge in [0.05, 0.1) is 12.3 Å². The predicted molar refractivity (Wildman–Crippen MR) is 81.1 cm³/mol. The number of nitrogens with zero attached hydrogens (tertiary/aromatic N) is 3. The van der Waals surface area contributed by atoms with Crippen molar-refractivity contribution in [3.8, 4) is 0 Å². The van der Waals surface area contributed by atoms with Gasteiger partial charge >= 0.3 is 0 Å². The molecule has 1 fully saturated rings. The van der Waals surface area contributed by atoms with Crippen LogP contribution in [0.4, 0.5) is 11.8 Å². The van der Waals surface area contributed by atoms with Crippen LogP contribution >= 0.6 is 0 Å². The van der Waals surface area contributed by atoms with Crippen LogP contribution in [0.3, 0.4) is 0 Å². The van der Waals surface area contributed by atoms with E-state index in [9.17, 15) is 0 Å². The molecule has 0 amide bonds. The van der Waals surface area contributed by atoms with Crippen LogP contribution in [-0.4, -0.2) is 33.2 Å². The second-order valence-corrected chi connectivity index (χ2v) is 5.14. The van der Waals surface area contributed by atoms with Crippen LogP contribution in [0.5, 0.6) is 0 Å². The average molecular weight is 285 g/mol. The zero-order valence-corrected chi connectivity index (χ0v) is 11.8.